The molecule has 0 aromatic rings. The Morgan fingerprint density at radius 1 is 1.04 bits per heavy atom. The van der Waals surface area contributed by atoms with Crippen LogP contribution in [0.5, 0.6) is 0 Å². The van der Waals surface area contributed by atoms with Gasteiger partial charge in [-0.05, 0) is 13.3 Å². The van der Waals surface area contributed by atoms with Crippen molar-refractivity contribution in [1.82, 2.24) is 5.32 Å². The first kappa shape index (κ1) is 24.4. The molecule has 0 saturated carbocycles. The number of ketones is 1. The number of ether oxygens (including phenoxy) is 1. The van der Waals surface area contributed by atoms with Crippen molar-refractivity contribution in [3.8, 4) is 0 Å². The fourth-order valence-corrected chi connectivity index (χ4v) is 1.88. The van der Waals surface area contributed by atoms with Crippen molar-refractivity contribution in [1.29, 1.82) is 0 Å². The van der Waals surface area contributed by atoms with E-state index in [0.29, 0.717) is 0 Å². The quantitative estimate of drug-likeness (QED) is 0.151. The number of carbonyl (C=O) groups is 5. The van der Waals surface area contributed by atoms with Crippen LogP contribution in [-0.4, -0.2) is 81.8 Å². The number of nitrogens with one attached hydrogen (secondary N) is 1. The van der Waals surface area contributed by atoms with Crippen molar-refractivity contribution in [3.05, 3.63) is 0 Å². The lowest BCUT2D eigenvalue weighted by Crippen LogP contribution is -2.60. The van der Waals surface area contributed by atoms with Crippen molar-refractivity contribution < 1.29 is 44.0 Å². The highest BCUT2D eigenvalue weighted by atomic mass is 16.5. The fraction of sp³-hybridized carbons (Fsp3) is 0.643. The average Bonchev–Trinajstić information content (AvgIpc) is 2.57. The summed E-state index contributed by atoms with van der Waals surface area (Å²) in [5.41, 5.74) is 13.7. The van der Waals surface area contributed by atoms with Gasteiger partial charge < -0.3 is 42.6 Å². The summed E-state index contributed by atoms with van der Waals surface area (Å²) in [6, 6.07) is -4.08. The summed E-state index contributed by atoms with van der Waals surface area (Å²) in [6.07, 6.45) is -1.18. The molecule has 0 saturated heterocycles. The summed E-state index contributed by atoms with van der Waals surface area (Å²) in [6.45, 7) is 0.183. The number of carbonyl (C=O) groups excluding carboxylic acids is 2. The second-order valence-corrected chi connectivity index (χ2v) is 5.87. The van der Waals surface area contributed by atoms with Crippen LogP contribution in [0.1, 0.15) is 19.8 Å². The van der Waals surface area contributed by atoms with Gasteiger partial charge in [0.1, 0.15) is 6.04 Å². The van der Waals surface area contributed by atoms with Gasteiger partial charge in [0, 0.05) is 6.42 Å². The van der Waals surface area contributed by atoms with Gasteiger partial charge in [-0.1, -0.05) is 0 Å². The number of amides is 1. The third-order valence-corrected chi connectivity index (χ3v) is 3.51. The molecule has 0 fully saturated rings. The Morgan fingerprint density at radius 2 is 1.59 bits per heavy atom. The zero-order chi connectivity index (χ0) is 21.4. The minimum Gasteiger partial charge on any atom is -0.480 e. The number of nitrogens with two attached hydrogens (primary N) is 3. The molecule has 1 amide bonds. The van der Waals surface area contributed by atoms with Crippen LogP contribution in [0.3, 0.4) is 0 Å². The molecule has 27 heavy (non-hydrogen) atoms. The first-order valence-corrected chi connectivity index (χ1v) is 7.73. The van der Waals surface area contributed by atoms with Crippen molar-refractivity contribution in [2.75, 3.05) is 13.2 Å². The highest BCUT2D eigenvalue weighted by Gasteiger charge is 2.43. The standard InChI is InChI=1S/C14H24N4O9/c1-6(15)10(20)14(17,13(25)26)3-2-9(19)18-8(12(23)24)5-27-4-7(16)11(21)22/h6-8H,2-5,15-17H2,1H3,(H,18,19)(H,21,22)(H,23,24)(H,25,26)/t6-,7+,8-,14-/m0/s1. The number of carboxylic acid groups (broad SMARTS) is 3. The summed E-state index contributed by atoms with van der Waals surface area (Å²) in [5.74, 6) is -6.38. The molecule has 0 heterocycles. The van der Waals surface area contributed by atoms with Crippen LogP contribution in [0.4, 0.5) is 0 Å². The van der Waals surface area contributed by atoms with Gasteiger partial charge in [0.25, 0.3) is 0 Å². The van der Waals surface area contributed by atoms with Crippen molar-refractivity contribution >= 4 is 29.6 Å². The lowest BCUT2D eigenvalue weighted by atomic mass is 9.86. The molecular formula is C14H24N4O9. The van der Waals surface area contributed by atoms with Crippen molar-refractivity contribution in [2.45, 2.75) is 43.4 Å². The van der Waals surface area contributed by atoms with Gasteiger partial charge in [-0.15, -0.1) is 0 Å². The molecule has 4 atom stereocenters. The Morgan fingerprint density at radius 3 is 2.00 bits per heavy atom. The third-order valence-electron chi connectivity index (χ3n) is 3.51. The van der Waals surface area contributed by atoms with Crippen LogP contribution in [-0.2, 0) is 28.7 Å². The SMILES string of the molecule is C[C@H](N)C(=O)[C@@](N)(CCC(=O)N[C@@H](COC[C@@H](N)C(=O)O)C(=O)O)C(=O)O. The topological polar surface area (TPSA) is 245 Å². The van der Waals surface area contributed by atoms with Crippen LogP contribution >= 0.6 is 0 Å². The molecular weight excluding hydrogens is 368 g/mol. The van der Waals surface area contributed by atoms with Crippen LogP contribution < -0.4 is 22.5 Å². The minimum absolute atomic E-state index is 0.483. The monoisotopic (exact) mass is 392 g/mol. The van der Waals surface area contributed by atoms with Gasteiger partial charge in [-0.2, -0.15) is 0 Å². The van der Waals surface area contributed by atoms with E-state index in [-0.39, 0.29) is 0 Å². The zero-order valence-electron chi connectivity index (χ0n) is 14.6. The molecule has 10 N–H and O–H groups in total. The van der Waals surface area contributed by atoms with Crippen LogP contribution in [0, 0.1) is 0 Å². The lowest BCUT2D eigenvalue weighted by Gasteiger charge is -2.25. The van der Waals surface area contributed by atoms with E-state index >= 15 is 0 Å². The summed E-state index contributed by atoms with van der Waals surface area (Å²) in [7, 11) is 0. The normalized spacial score (nSPS) is 16.4. The third kappa shape index (κ3) is 7.65. The lowest BCUT2D eigenvalue weighted by molar-refractivity contribution is -0.150. The minimum atomic E-state index is -2.39. The number of Topliss-reactive ketones (excluding diaryl/α,β-unsaturated/α-hetero) is 1. The van der Waals surface area contributed by atoms with Gasteiger partial charge >= 0.3 is 17.9 Å². The average molecular weight is 392 g/mol. The van der Waals surface area contributed by atoms with E-state index in [1.54, 1.807) is 0 Å². The van der Waals surface area contributed by atoms with Gasteiger partial charge in [0.05, 0.1) is 19.3 Å². The predicted octanol–water partition coefficient (Wildman–Crippen LogP) is -3.54. The molecule has 0 aromatic carbocycles. The van der Waals surface area contributed by atoms with E-state index in [0.717, 1.165) is 0 Å². The second-order valence-electron chi connectivity index (χ2n) is 5.87. The molecule has 0 rings (SSSR count). The summed E-state index contributed by atoms with van der Waals surface area (Å²) < 4.78 is 4.84. The number of aliphatic carboxylic acids is 3. The van der Waals surface area contributed by atoms with E-state index in [2.05, 4.69) is 5.32 Å². The fourth-order valence-electron chi connectivity index (χ4n) is 1.88. The van der Waals surface area contributed by atoms with E-state index in [4.69, 9.17) is 37.3 Å². The molecule has 0 aliphatic carbocycles. The Balaban J connectivity index is 4.78. The highest BCUT2D eigenvalue weighted by Crippen LogP contribution is 2.14. The van der Waals surface area contributed by atoms with Crippen LogP contribution in [0.25, 0.3) is 0 Å². The summed E-state index contributed by atoms with van der Waals surface area (Å²) in [4.78, 5) is 56.7. The second kappa shape index (κ2) is 10.5. The molecule has 154 valence electrons. The largest absolute Gasteiger partial charge is 0.480 e. The molecule has 13 heteroatoms. The van der Waals surface area contributed by atoms with E-state index < -0.39 is 79.3 Å². The number of hydrogen-bond donors (Lipinski definition) is 7. The van der Waals surface area contributed by atoms with E-state index in [1.165, 1.54) is 6.92 Å². The van der Waals surface area contributed by atoms with Gasteiger partial charge in [-0.25, -0.2) is 9.59 Å². The Kier molecular flexibility index (Phi) is 9.50. The maximum Gasteiger partial charge on any atom is 0.331 e. The number of rotatable bonds is 13. The van der Waals surface area contributed by atoms with Gasteiger partial charge in [0.15, 0.2) is 17.4 Å². The molecule has 13 nitrogen and oxygen atoms in total. The van der Waals surface area contributed by atoms with E-state index in [9.17, 15) is 24.0 Å². The Hall–Kier alpha value is -2.61. The van der Waals surface area contributed by atoms with Gasteiger partial charge in [-0.3, -0.25) is 14.4 Å². The van der Waals surface area contributed by atoms with Crippen LogP contribution in [0.15, 0.2) is 0 Å². The first-order chi connectivity index (χ1) is 12.3. The van der Waals surface area contributed by atoms with Crippen molar-refractivity contribution in [3.63, 3.8) is 0 Å². The maximum absolute atomic E-state index is 11.9. The highest BCUT2D eigenvalue weighted by molar-refractivity contribution is 6.09. The maximum atomic E-state index is 11.9. The van der Waals surface area contributed by atoms with Gasteiger partial charge in [0.2, 0.25) is 5.91 Å². The molecule has 0 unspecified atom stereocenters. The molecule has 0 bridgehead atoms. The first-order valence-electron chi connectivity index (χ1n) is 7.73. The molecule has 0 radical (unpaired) electrons. The summed E-state index contributed by atoms with van der Waals surface area (Å²) in [5, 5.41) is 28.8. The summed E-state index contributed by atoms with van der Waals surface area (Å²) >= 11 is 0. The van der Waals surface area contributed by atoms with Crippen molar-refractivity contribution in [2.24, 2.45) is 17.2 Å². The molecule has 0 aliphatic heterocycles. The van der Waals surface area contributed by atoms with Crippen LogP contribution in [0.2, 0.25) is 0 Å². The number of hydrogen-bond acceptors (Lipinski definition) is 9. The predicted molar refractivity (Wildman–Crippen MR) is 88.4 cm³/mol. The molecule has 0 aromatic heterocycles. The molecule has 0 spiro atoms. The Labute approximate surface area is 153 Å². The Bertz CT molecular complexity index is 595. The molecule has 0 aliphatic rings. The van der Waals surface area contributed by atoms with E-state index in [1.807, 2.05) is 0 Å². The zero-order valence-corrected chi connectivity index (χ0v) is 14.6. The smallest absolute Gasteiger partial charge is 0.331 e. The number of carboxylic acids is 3.